The van der Waals surface area contributed by atoms with Crippen LogP contribution in [0.25, 0.3) is 6.08 Å². The molecule has 4 aliphatic rings. The van der Waals surface area contributed by atoms with Crippen LogP contribution >= 0.6 is 11.6 Å². The SMILES string of the molecule is C[C@]12CC[C@H]3[C@@H](CCC4=CC(=O)CC[C@@]43C)[C@@H]1CC[C@@H]2C(=O)NCCNC(=O)/C=C/c1ccc(Cl)cc1. The molecule has 3 saturated carbocycles. The van der Waals surface area contributed by atoms with E-state index in [0.29, 0.717) is 48.1 Å². The van der Waals surface area contributed by atoms with Crippen molar-refractivity contribution in [1.29, 1.82) is 0 Å². The number of hydrogen-bond acceptors (Lipinski definition) is 3. The Bertz CT molecular complexity index is 1130. The van der Waals surface area contributed by atoms with Crippen LogP contribution in [0.2, 0.25) is 5.02 Å². The molecule has 3 fully saturated rings. The van der Waals surface area contributed by atoms with Crippen molar-refractivity contribution >= 4 is 35.3 Å². The van der Waals surface area contributed by atoms with Gasteiger partial charge in [0.15, 0.2) is 5.78 Å². The standard InChI is InChI=1S/C31H39ClN2O3/c1-30-15-13-23(35)19-21(30)6-9-24-25-10-11-27(31(25,2)16-14-26(24)30)29(37)34-18-17-33-28(36)12-5-20-3-7-22(32)8-4-20/h3-5,7-8,12,19,24-27H,6,9-11,13-18H2,1-2H3,(H,33,36)(H,34,37)/b12-5+/t24-,25-,26-,27+,30-,31-/m0/s1. The number of allylic oxidation sites excluding steroid dienone is 1. The highest BCUT2D eigenvalue weighted by Gasteiger charge is 2.60. The summed E-state index contributed by atoms with van der Waals surface area (Å²) < 4.78 is 0. The maximum Gasteiger partial charge on any atom is 0.244 e. The Hall–Kier alpha value is -2.40. The van der Waals surface area contributed by atoms with Gasteiger partial charge >= 0.3 is 0 Å². The van der Waals surface area contributed by atoms with Gasteiger partial charge < -0.3 is 10.6 Å². The molecule has 0 spiro atoms. The molecule has 0 radical (unpaired) electrons. The molecule has 1 aromatic rings. The van der Waals surface area contributed by atoms with Crippen LogP contribution in [0.5, 0.6) is 0 Å². The van der Waals surface area contributed by atoms with Gasteiger partial charge in [0.2, 0.25) is 11.8 Å². The predicted molar refractivity (Wildman–Crippen MR) is 147 cm³/mol. The normalized spacial score (nSPS) is 34.8. The Balaban J connectivity index is 1.13. The van der Waals surface area contributed by atoms with Gasteiger partial charge in [0.1, 0.15) is 0 Å². The number of benzene rings is 1. The summed E-state index contributed by atoms with van der Waals surface area (Å²) in [5.74, 6) is 2.17. The summed E-state index contributed by atoms with van der Waals surface area (Å²) in [5.41, 5.74) is 2.50. The number of amides is 2. The van der Waals surface area contributed by atoms with Crippen molar-refractivity contribution < 1.29 is 14.4 Å². The highest BCUT2D eigenvalue weighted by atomic mass is 35.5. The number of carbonyl (C=O) groups is 3. The van der Waals surface area contributed by atoms with Crippen LogP contribution in [-0.4, -0.2) is 30.7 Å². The fourth-order valence-corrected chi connectivity index (χ4v) is 8.42. The van der Waals surface area contributed by atoms with E-state index in [-0.39, 0.29) is 28.6 Å². The molecule has 1 aromatic carbocycles. The van der Waals surface area contributed by atoms with Crippen molar-refractivity contribution in [1.82, 2.24) is 10.6 Å². The second-order valence-electron chi connectivity index (χ2n) is 12.1. The second kappa shape index (κ2) is 10.4. The summed E-state index contributed by atoms with van der Waals surface area (Å²) in [6.45, 7) is 5.59. The molecule has 0 unspecified atom stereocenters. The Morgan fingerprint density at radius 1 is 0.973 bits per heavy atom. The zero-order chi connectivity index (χ0) is 26.2. The van der Waals surface area contributed by atoms with Crippen LogP contribution in [0.1, 0.15) is 70.8 Å². The Kier molecular flexibility index (Phi) is 7.37. The number of carbonyl (C=O) groups excluding carboxylic acids is 3. The minimum absolute atomic E-state index is 0.0385. The molecular weight excluding hydrogens is 484 g/mol. The second-order valence-corrected chi connectivity index (χ2v) is 12.5. The zero-order valence-corrected chi connectivity index (χ0v) is 22.8. The molecule has 0 aliphatic heterocycles. The minimum Gasteiger partial charge on any atom is -0.354 e. The summed E-state index contributed by atoms with van der Waals surface area (Å²) in [7, 11) is 0. The third-order valence-electron chi connectivity index (χ3n) is 10.3. The van der Waals surface area contributed by atoms with Gasteiger partial charge in [-0.3, -0.25) is 14.4 Å². The van der Waals surface area contributed by atoms with E-state index in [9.17, 15) is 14.4 Å². The first kappa shape index (κ1) is 26.2. The van der Waals surface area contributed by atoms with Gasteiger partial charge in [0.05, 0.1) is 0 Å². The fourth-order valence-electron chi connectivity index (χ4n) is 8.29. The van der Waals surface area contributed by atoms with E-state index in [1.54, 1.807) is 18.2 Å². The number of hydrogen-bond donors (Lipinski definition) is 2. The fraction of sp³-hybridized carbons (Fsp3) is 0.581. The van der Waals surface area contributed by atoms with Gasteiger partial charge in [-0.15, -0.1) is 0 Å². The summed E-state index contributed by atoms with van der Waals surface area (Å²) in [6.07, 6.45) is 13.4. The maximum absolute atomic E-state index is 13.3. The molecule has 5 rings (SSSR count). The lowest BCUT2D eigenvalue weighted by molar-refractivity contribution is -0.132. The highest BCUT2D eigenvalue weighted by molar-refractivity contribution is 6.30. The van der Waals surface area contributed by atoms with Crippen LogP contribution in [0.3, 0.4) is 0 Å². The third kappa shape index (κ3) is 5.04. The van der Waals surface area contributed by atoms with Gasteiger partial charge in [-0.2, -0.15) is 0 Å². The molecule has 6 heteroatoms. The lowest BCUT2D eigenvalue weighted by atomic mass is 9.47. The van der Waals surface area contributed by atoms with Crippen molar-refractivity contribution in [3.05, 3.63) is 52.6 Å². The molecule has 0 saturated heterocycles. The maximum atomic E-state index is 13.3. The Morgan fingerprint density at radius 2 is 1.73 bits per heavy atom. The van der Waals surface area contributed by atoms with Crippen LogP contribution in [0, 0.1) is 34.5 Å². The molecule has 198 valence electrons. The van der Waals surface area contributed by atoms with E-state index in [2.05, 4.69) is 24.5 Å². The van der Waals surface area contributed by atoms with Crippen molar-refractivity contribution in [3.63, 3.8) is 0 Å². The van der Waals surface area contributed by atoms with E-state index < -0.39 is 0 Å². The molecular formula is C31H39ClN2O3. The topological polar surface area (TPSA) is 75.3 Å². The van der Waals surface area contributed by atoms with E-state index in [0.717, 1.165) is 50.5 Å². The summed E-state index contributed by atoms with van der Waals surface area (Å²) >= 11 is 5.89. The number of rotatable bonds is 6. The quantitative estimate of drug-likeness (QED) is 0.370. The first-order valence-electron chi connectivity index (χ1n) is 13.9. The lowest BCUT2D eigenvalue weighted by Gasteiger charge is -2.58. The summed E-state index contributed by atoms with van der Waals surface area (Å²) in [5, 5.41) is 6.62. The van der Waals surface area contributed by atoms with Crippen molar-refractivity contribution in [3.8, 4) is 0 Å². The monoisotopic (exact) mass is 522 g/mol. The van der Waals surface area contributed by atoms with Gasteiger partial charge in [-0.1, -0.05) is 43.2 Å². The molecule has 0 bridgehead atoms. The van der Waals surface area contributed by atoms with Crippen LogP contribution < -0.4 is 10.6 Å². The Labute approximate surface area is 225 Å². The molecule has 6 atom stereocenters. The Morgan fingerprint density at radius 3 is 2.51 bits per heavy atom. The number of halogens is 1. The number of nitrogens with one attached hydrogen (secondary N) is 2. The summed E-state index contributed by atoms with van der Waals surface area (Å²) in [4.78, 5) is 37.5. The van der Waals surface area contributed by atoms with Crippen molar-refractivity contribution in [2.75, 3.05) is 13.1 Å². The average Bonchev–Trinajstić information content (AvgIpc) is 3.24. The first-order chi connectivity index (χ1) is 17.7. The van der Waals surface area contributed by atoms with Gasteiger partial charge in [0, 0.05) is 36.5 Å². The van der Waals surface area contributed by atoms with Crippen molar-refractivity contribution in [2.45, 2.75) is 65.2 Å². The van der Waals surface area contributed by atoms with Crippen molar-refractivity contribution in [2.24, 2.45) is 34.5 Å². The van der Waals surface area contributed by atoms with Gasteiger partial charge in [-0.05, 0) is 103 Å². The van der Waals surface area contributed by atoms with E-state index in [1.165, 1.54) is 11.6 Å². The molecule has 2 amide bonds. The minimum atomic E-state index is -0.181. The van der Waals surface area contributed by atoms with E-state index >= 15 is 0 Å². The number of fused-ring (bicyclic) bond motifs is 5. The molecule has 2 N–H and O–H groups in total. The molecule has 0 aromatic heterocycles. The average molecular weight is 523 g/mol. The third-order valence-corrected chi connectivity index (χ3v) is 10.6. The zero-order valence-electron chi connectivity index (χ0n) is 22.0. The summed E-state index contributed by atoms with van der Waals surface area (Å²) in [6, 6.07) is 7.29. The first-order valence-corrected chi connectivity index (χ1v) is 14.3. The molecule has 0 heterocycles. The molecule has 37 heavy (non-hydrogen) atoms. The predicted octanol–water partition coefficient (Wildman–Crippen LogP) is 5.73. The smallest absolute Gasteiger partial charge is 0.244 e. The van der Waals surface area contributed by atoms with E-state index in [1.807, 2.05) is 18.2 Å². The van der Waals surface area contributed by atoms with Crippen LogP contribution in [0.4, 0.5) is 0 Å². The molecule has 5 nitrogen and oxygen atoms in total. The van der Waals surface area contributed by atoms with Crippen LogP contribution in [-0.2, 0) is 14.4 Å². The van der Waals surface area contributed by atoms with Crippen LogP contribution in [0.15, 0.2) is 42.0 Å². The largest absolute Gasteiger partial charge is 0.354 e. The lowest BCUT2D eigenvalue weighted by Crippen LogP contribution is -2.52. The number of ketones is 1. The van der Waals surface area contributed by atoms with Gasteiger partial charge in [-0.25, -0.2) is 0 Å². The highest BCUT2D eigenvalue weighted by Crippen LogP contribution is 2.66. The van der Waals surface area contributed by atoms with Gasteiger partial charge in [0.25, 0.3) is 0 Å². The molecule has 4 aliphatic carbocycles. The van der Waals surface area contributed by atoms with E-state index in [4.69, 9.17) is 11.6 Å².